The summed E-state index contributed by atoms with van der Waals surface area (Å²) in [5.74, 6) is 7.19. The summed E-state index contributed by atoms with van der Waals surface area (Å²) in [6.45, 7) is 2.44. The topological polar surface area (TPSA) is 40.6 Å². The van der Waals surface area contributed by atoms with E-state index in [0.29, 0.717) is 44.5 Å². The largest absolute Gasteiger partial charge is 0.490 e. The van der Waals surface area contributed by atoms with Crippen LogP contribution in [0.1, 0.15) is 18.4 Å². The molecule has 0 spiro atoms. The highest BCUT2D eigenvalue weighted by atomic mass is 35.5. The maximum absolute atomic E-state index is 5.56. The van der Waals surface area contributed by atoms with E-state index in [1.807, 2.05) is 6.07 Å². The fourth-order valence-electron chi connectivity index (χ4n) is 1.40. The van der Waals surface area contributed by atoms with Gasteiger partial charge in [0.2, 0.25) is 0 Å². The van der Waals surface area contributed by atoms with E-state index in [0.717, 1.165) is 12.0 Å². The van der Waals surface area contributed by atoms with Crippen LogP contribution in [-0.2, 0) is 9.47 Å². The first-order valence-corrected chi connectivity index (χ1v) is 7.09. The third-order valence-electron chi connectivity index (χ3n) is 2.30. The highest BCUT2D eigenvalue weighted by Crippen LogP contribution is 2.10. The van der Waals surface area contributed by atoms with Gasteiger partial charge in [-0.25, -0.2) is 0 Å². The monoisotopic (exact) mass is 297 g/mol. The maximum atomic E-state index is 5.56. The lowest BCUT2D eigenvalue weighted by Crippen LogP contribution is -2.08. The molecule has 0 saturated heterocycles. The normalized spacial score (nSPS) is 9.90. The predicted octanol–water partition coefficient (Wildman–Crippen LogP) is 2.49. The second-order valence-corrected chi connectivity index (χ2v) is 4.34. The van der Waals surface area contributed by atoms with Gasteiger partial charge >= 0.3 is 0 Å². The van der Waals surface area contributed by atoms with E-state index in [-0.39, 0.29) is 0 Å². The summed E-state index contributed by atoms with van der Waals surface area (Å²) in [6.07, 6.45) is 4.93. The number of rotatable bonds is 9. The van der Waals surface area contributed by atoms with Crippen molar-refractivity contribution < 1.29 is 14.2 Å². The van der Waals surface area contributed by atoms with Crippen LogP contribution in [0.2, 0.25) is 0 Å². The van der Waals surface area contributed by atoms with Gasteiger partial charge in [-0.1, -0.05) is 11.8 Å². The van der Waals surface area contributed by atoms with Gasteiger partial charge in [0, 0.05) is 44.4 Å². The zero-order chi connectivity index (χ0) is 14.5. The van der Waals surface area contributed by atoms with Crippen molar-refractivity contribution in [3.8, 4) is 17.6 Å². The SMILES string of the molecule is COCCCOCCOc1cncc(C#CCCCl)c1. The van der Waals surface area contributed by atoms with Gasteiger partial charge in [0.1, 0.15) is 12.4 Å². The van der Waals surface area contributed by atoms with Crippen molar-refractivity contribution in [1.29, 1.82) is 0 Å². The second kappa shape index (κ2) is 11.5. The number of aromatic nitrogens is 1. The zero-order valence-electron chi connectivity index (χ0n) is 11.7. The average Bonchev–Trinajstić information content (AvgIpc) is 2.47. The van der Waals surface area contributed by atoms with Crippen LogP contribution in [0.15, 0.2) is 18.5 Å². The van der Waals surface area contributed by atoms with E-state index in [1.165, 1.54) is 0 Å². The summed E-state index contributed by atoms with van der Waals surface area (Å²) < 4.78 is 15.9. The van der Waals surface area contributed by atoms with E-state index in [1.54, 1.807) is 19.5 Å². The summed E-state index contributed by atoms with van der Waals surface area (Å²) in [5.41, 5.74) is 0.827. The van der Waals surface area contributed by atoms with Gasteiger partial charge in [0.15, 0.2) is 0 Å². The minimum absolute atomic E-state index is 0.493. The zero-order valence-corrected chi connectivity index (χ0v) is 12.5. The van der Waals surface area contributed by atoms with Crippen LogP contribution < -0.4 is 4.74 Å². The summed E-state index contributed by atoms with van der Waals surface area (Å²) >= 11 is 5.56. The smallest absolute Gasteiger partial charge is 0.138 e. The number of pyridine rings is 1. The first-order valence-electron chi connectivity index (χ1n) is 6.56. The number of hydrogen-bond acceptors (Lipinski definition) is 4. The molecule has 1 aromatic heterocycles. The van der Waals surface area contributed by atoms with Crippen molar-refractivity contribution in [3.63, 3.8) is 0 Å². The third-order valence-corrected chi connectivity index (χ3v) is 2.49. The molecule has 0 amide bonds. The Morgan fingerprint density at radius 2 is 2.10 bits per heavy atom. The van der Waals surface area contributed by atoms with E-state index < -0.39 is 0 Å². The predicted molar refractivity (Wildman–Crippen MR) is 79.3 cm³/mol. The molecule has 0 radical (unpaired) electrons. The van der Waals surface area contributed by atoms with E-state index in [9.17, 15) is 0 Å². The van der Waals surface area contributed by atoms with Gasteiger partial charge < -0.3 is 14.2 Å². The number of nitrogens with zero attached hydrogens (tertiary/aromatic N) is 1. The third kappa shape index (κ3) is 8.00. The van der Waals surface area contributed by atoms with E-state index in [4.69, 9.17) is 25.8 Å². The summed E-state index contributed by atoms with van der Waals surface area (Å²) in [6, 6.07) is 1.86. The fourth-order valence-corrected chi connectivity index (χ4v) is 1.50. The van der Waals surface area contributed by atoms with Crippen molar-refractivity contribution in [2.45, 2.75) is 12.8 Å². The Bertz CT molecular complexity index is 429. The standard InChI is InChI=1S/C15H20ClNO3/c1-18-7-4-8-19-9-10-20-15-11-14(12-17-13-15)5-2-3-6-16/h11-13H,3-4,6-10H2,1H3. The molecule has 0 fully saturated rings. The van der Waals surface area contributed by atoms with Gasteiger partial charge in [-0.05, 0) is 12.5 Å². The lowest BCUT2D eigenvalue weighted by molar-refractivity contribution is 0.0805. The van der Waals surface area contributed by atoms with Crippen molar-refractivity contribution in [2.75, 3.05) is 39.4 Å². The van der Waals surface area contributed by atoms with Crippen LogP contribution in [0, 0.1) is 11.8 Å². The Balaban J connectivity index is 2.23. The molecule has 0 unspecified atom stereocenters. The van der Waals surface area contributed by atoms with Crippen molar-refractivity contribution in [3.05, 3.63) is 24.0 Å². The number of methoxy groups -OCH3 is 1. The molecule has 110 valence electrons. The lowest BCUT2D eigenvalue weighted by atomic mass is 10.3. The molecule has 0 atom stereocenters. The molecule has 0 aliphatic rings. The van der Waals surface area contributed by atoms with E-state index >= 15 is 0 Å². The molecule has 0 saturated carbocycles. The number of hydrogen-bond donors (Lipinski definition) is 0. The first kappa shape index (κ1) is 16.8. The molecule has 1 heterocycles. The van der Waals surface area contributed by atoms with Gasteiger partial charge in [-0.2, -0.15) is 0 Å². The molecule has 0 aliphatic heterocycles. The first-order chi connectivity index (χ1) is 9.86. The van der Waals surface area contributed by atoms with Crippen LogP contribution in [0.4, 0.5) is 0 Å². The Labute approximate surface area is 125 Å². The molecule has 5 heteroatoms. The molecule has 1 rings (SSSR count). The van der Waals surface area contributed by atoms with Gasteiger partial charge in [-0.3, -0.25) is 4.98 Å². The summed E-state index contributed by atoms with van der Waals surface area (Å²) in [7, 11) is 1.68. The molecule has 1 aromatic rings. The minimum Gasteiger partial charge on any atom is -0.490 e. The molecule has 0 aromatic carbocycles. The molecule has 0 bridgehead atoms. The Morgan fingerprint density at radius 1 is 1.20 bits per heavy atom. The van der Waals surface area contributed by atoms with Crippen LogP contribution in [0.3, 0.4) is 0 Å². The number of alkyl halides is 1. The second-order valence-electron chi connectivity index (χ2n) is 3.96. The molecule has 4 nitrogen and oxygen atoms in total. The van der Waals surface area contributed by atoms with Crippen LogP contribution >= 0.6 is 11.6 Å². The molecule has 0 N–H and O–H groups in total. The Hall–Kier alpha value is -1.28. The highest BCUT2D eigenvalue weighted by molar-refractivity contribution is 6.18. The van der Waals surface area contributed by atoms with Gasteiger partial charge in [0.25, 0.3) is 0 Å². The van der Waals surface area contributed by atoms with Crippen LogP contribution in [0.25, 0.3) is 0 Å². The maximum Gasteiger partial charge on any atom is 0.138 e. The van der Waals surface area contributed by atoms with E-state index in [2.05, 4.69) is 16.8 Å². The molecular weight excluding hydrogens is 278 g/mol. The molecular formula is C15H20ClNO3. The van der Waals surface area contributed by atoms with Crippen LogP contribution in [-0.4, -0.2) is 44.4 Å². The lowest BCUT2D eigenvalue weighted by Gasteiger charge is -2.07. The molecule has 0 aliphatic carbocycles. The quantitative estimate of drug-likeness (QED) is 0.399. The Morgan fingerprint density at radius 3 is 2.90 bits per heavy atom. The fraction of sp³-hybridized carbons (Fsp3) is 0.533. The van der Waals surface area contributed by atoms with Crippen molar-refractivity contribution in [2.24, 2.45) is 0 Å². The Kier molecular flexibility index (Phi) is 9.68. The number of ether oxygens (including phenoxy) is 3. The van der Waals surface area contributed by atoms with Gasteiger partial charge in [0.05, 0.1) is 12.8 Å². The van der Waals surface area contributed by atoms with Gasteiger partial charge in [-0.15, -0.1) is 11.6 Å². The summed E-state index contributed by atoms with van der Waals surface area (Å²) in [4.78, 5) is 4.08. The van der Waals surface area contributed by atoms with Crippen molar-refractivity contribution >= 4 is 11.6 Å². The molecule has 20 heavy (non-hydrogen) atoms. The van der Waals surface area contributed by atoms with Crippen molar-refractivity contribution in [1.82, 2.24) is 4.98 Å². The minimum atomic E-state index is 0.493. The summed E-state index contributed by atoms with van der Waals surface area (Å²) in [5, 5.41) is 0. The highest BCUT2D eigenvalue weighted by Gasteiger charge is 1.96. The average molecular weight is 298 g/mol. The number of halogens is 1. The van der Waals surface area contributed by atoms with Crippen LogP contribution in [0.5, 0.6) is 5.75 Å².